The maximum Gasteiger partial charge on any atom is 0.410 e. The van der Waals surface area contributed by atoms with Crippen LogP contribution in [0.15, 0.2) is 59.6 Å². The van der Waals surface area contributed by atoms with Gasteiger partial charge in [0.05, 0.1) is 17.4 Å². The van der Waals surface area contributed by atoms with E-state index in [2.05, 4.69) is 15.6 Å². The van der Waals surface area contributed by atoms with Gasteiger partial charge in [-0.2, -0.15) is 0 Å². The first-order chi connectivity index (χ1) is 17.2. The SMILES string of the molecule is CC(C)(C)OC(=O)N1CCCC[C@@H]1C1=N[C@@H](NC(=O)OCc2ccccc2)C(=O)Nc2ccccc21. The van der Waals surface area contributed by atoms with Crippen LogP contribution in [0, 0.1) is 0 Å². The van der Waals surface area contributed by atoms with E-state index in [0.29, 0.717) is 29.9 Å². The number of para-hydroxylation sites is 1. The van der Waals surface area contributed by atoms with Crippen LogP contribution in [-0.4, -0.2) is 53.1 Å². The van der Waals surface area contributed by atoms with Crippen LogP contribution in [0.3, 0.4) is 0 Å². The predicted octanol–water partition coefficient (Wildman–Crippen LogP) is 4.47. The molecule has 2 atom stereocenters. The number of ether oxygens (including phenoxy) is 2. The Hall–Kier alpha value is -3.88. The molecule has 2 aliphatic rings. The number of anilines is 1. The number of benzene rings is 2. The Morgan fingerprint density at radius 2 is 1.81 bits per heavy atom. The lowest BCUT2D eigenvalue weighted by atomic mass is 9.93. The standard InChI is InChI=1S/C27H32N4O5/c1-27(2,3)36-26(34)31-16-10-9-15-21(31)22-19-13-7-8-14-20(19)28-24(32)23(29-22)30-25(33)35-17-18-11-5-4-6-12-18/h4-8,11-14,21,23H,9-10,15-17H2,1-3H3,(H,28,32)(H,30,33)/t21-,23+/m1/s1. The van der Waals surface area contributed by atoms with Crippen molar-refractivity contribution >= 4 is 29.5 Å². The molecule has 0 bridgehead atoms. The molecule has 2 aromatic rings. The number of hydrogen-bond acceptors (Lipinski definition) is 6. The summed E-state index contributed by atoms with van der Waals surface area (Å²) in [5.74, 6) is -0.492. The Balaban J connectivity index is 1.61. The van der Waals surface area contributed by atoms with Crippen molar-refractivity contribution in [3.05, 3.63) is 65.7 Å². The summed E-state index contributed by atoms with van der Waals surface area (Å²) in [6, 6.07) is 16.1. The van der Waals surface area contributed by atoms with Crippen molar-refractivity contribution in [2.75, 3.05) is 11.9 Å². The molecule has 9 heteroatoms. The number of piperidine rings is 1. The van der Waals surface area contributed by atoms with Gasteiger partial charge in [0.1, 0.15) is 12.2 Å². The fraction of sp³-hybridized carbons (Fsp3) is 0.407. The highest BCUT2D eigenvalue weighted by Gasteiger charge is 2.37. The number of carbonyl (C=O) groups is 3. The van der Waals surface area contributed by atoms with E-state index in [4.69, 9.17) is 9.47 Å². The van der Waals surface area contributed by atoms with Crippen molar-refractivity contribution in [1.82, 2.24) is 10.2 Å². The average molecular weight is 493 g/mol. The fourth-order valence-corrected chi connectivity index (χ4v) is 4.28. The second-order valence-electron chi connectivity index (χ2n) is 9.84. The van der Waals surface area contributed by atoms with Crippen molar-refractivity contribution in [1.29, 1.82) is 0 Å². The quantitative estimate of drug-likeness (QED) is 0.655. The maximum absolute atomic E-state index is 13.1. The topological polar surface area (TPSA) is 109 Å². The third kappa shape index (κ3) is 6.21. The molecule has 2 aliphatic heterocycles. The summed E-state index contributed by atoms with van der Waals surface area (Å²) in [5, 5.41) is 5.41. The molecule has 2 heterocycles. The highest BCUT2D eigenvalue weighted by Crippen LogP contribution is 2.29. The summed E-state index contributed by atoms with van der Waals surface area (Å²) in [7, 11) is 0. The van der Waals surface area contributed by atoms with Gasteiger partial charge in [-0.05, 0) is 51.7 Å². The van der Waals surface area contributed by atoms with Crippen molar-refractivity contribution in [2.45, 2.75) is 64.4 Å². The summed E-state index contributed by atoms with van der Waals surface area (Å²) in [6.07, 6.45) is -0.0216. The summed E-state index contributed by atoms with van der Waals surface area (Å²) in [5.41, 5.74) is 1.99. The van der Waals surface area contributed by atoms with Crippen LogP contribution in [0.4, 0.5) is 15.3 Å². The van der Waals surface area contributed by atoms with Gasteiger partial charge in [0, 0.05) is 12.1 Å². The fourth-order valence-electron chi connectivity index (χ4n) is 4.28. The maximum atomic E-state index is 13.1. The molecule has 4 rings (SSSR count). The van der Waals surface area contributed by atoms with Crippen molar-refractivity contribution in [3.63, 3.8) is 0 Å². The first-order valence-electron chi connectivity index (χ1n) is 12.2. The smallest absolute Gasteiger partial charge is 0.410 e. The van der Waals surface area contributed by atoms with Gasteiger partial charge in [0.2, 0.25) is 6.17 Å². The van der Waals surface area contributed by atoms with Gasteiger partial charge >= 0.3 is 12.2 Å². The Morgan fingerprint density at radius 3 is 2.56 bits per heavy atom. The zero-order chi connectivity index (χ0) is 25.7. The Kier molecular flexibility index (Phi) is 7.57. The molecule has 2 N–H and O–H groups in total. The summed E-state index contributed by atoms with van der Waals surface area (Å²) in [6.45, 7) is 6.05. The van der Waals surface area contributed by atoms with Gasteiger partial charge in [0.25, 0.3) is 5.91 Å². The van der Waals surface area contributed by atoms with Crippen LogP contribution < -0.4 is 10.6 Å². The zero-order valence-electron chi connectivity index (χ0n) is 20.8. The van der Waals surface area contributed by atoms with E-state index in [1.54, 1.807) is 11.0 Å². The van der Waals surface area contributed by atoms with Crippen LogP contribution in [0.5, 0.6) is 0 Å². The van der Waals surface area contributed by atoms with Gasteiger partial charge in [-0.3, -0.25) is 20.0 Å². The van der Waals surface area contributed by atoms with E-state index < -0.39 is 35.9 Å². The van der Waals surface area contributed by atoms with E-state index in [-0.39, 0.29) is 6.61 Å². The summed E-state index contributed by atoms with van der Waals surface area (Å²) < 4.78 is 11.0. The highest BCUT2D eigenvalue weighted by atomic mass is 16.6. The highest BCUT2D eigenvalue weighted by molar-refractivity contribution is 6.15. The van der Waals surface area contributed by atoms with Crippen LogP contribution in [0.25, 0.3) is 0 Å². The van der Waals surface area contributed by atoms with Gasteiger partial charge in [-0.1, -0.05) is 48.5 Å². The molecule has 0 saturated carbocycles. The third-order valence-electron chi connectivity index (χ3n) is 5.89. The lowest BCUT2D eigenvalue weighted by Crippen LogP contribution is -2.50. The van der Waals surface area contributed by atoms with E-state index in [9.17, 15) is 14.4 Å². The number of fused-ring (bicyclic) bond motifs is 1. The molecular weight excluding hydrogens is 460 g/mol. The summed E-state index contributed by atoms with van der Waals surface area (Å²) >= 11 is 0. The predicted molar refractivity (Wildman–Crippen MR) is 136 cm³/mol. The lowest BCUT2D eigenvalue weighted by Gasteiger charge is -2.37. The van der Waals surface area contributed by atoms with Gasteiger partial charge in [-0.25, -0.2) is 9.59 Å². The van der Waals surface area contributed by atoms with Crippen LogP contribution in [0.2, 0.25) is 0 Å². The second-order valence-corrected chi connectivity index (χ2v) is 9.84. The van der Waals surface area contributed by atoms with Gasteiger partial charge in [0.15, 0.2) is 0 Å². The minimum Gasteiger partial charge on any atom is -0.445 e. The lowest BCUT2D eigenvalue weighted by molar-refractivity contribution is -0.117. The largest absolute Gasteiger partial charge is 0.445 e. The number of benzodiazepines with no additional fused rings is 1. The number of nitrogens with zero attached hydrogens (tertiary/aromatic N) is 2. The van der Waals surface area contributed by atoms with Gasteiger partial charge in [-0.15, -0.1) is 0 Å². The monoisotopic (exact) mass is 492 g/mol. The molecular formula is C27H32N4O5. The van der Waals surface area contributed by atoms with Gasteiger partial charge < -0.3 is 14.8 Å². The van der Waals surface area contributed by atoms with Crippen molar-refractivity contribution in [3.8, 4) is 0 Å². The van der Waals surface area contributed by atoms with Crippen molar-refractivity contribution in [2.24, 2.45) is 4.99 Å². The van der Waals surface area contributed by atoms with E-state index >= 15 is 0 Å². The number of hydrogen-bond donors (Lipinski definition) is 2. The number of amides is 3. The number of carbonyl (C=O) groups excluding carboxylic acids is 3. The second kappa shape index (κ2) is 10.8. The zero-order valence-corrected chi connectivity index (χ0v) is 20.8. The number of alkyl carbamates (subject to hydrolysis) is 1. The molecule has 0 spiro atoms. The van der Waals surface area contributed by atoms with E-state index in [0.717, 1.165) is 18.4 Å². The minimum absolute atomic E-state index is 0.0624. The van der Waals surface area contributed by atoms with E-state index in [1.165, 1.54) is 0 Å². The first-order valence-corrected chi connectivity index (χ1v) is 12.2. The number of rotatable bonds is 4. The molecule has 0 radical (unpaired) electrons. The number of likely N-dealkylation sites (tertiary alicyclic amines) is 1. The van der Waals surface area contributed by atoms with E-state index in [1.807, 2.05) is 69.3 Å². The molecule has 1 fully saturated rings. The number of nitrogens with one attached hydrogen (secondary N) is 2. The molecule has 3 amide bonds. The Bertz CT molecular complexity index is 1140. The molecule has 0 unspecified atom stereocenters. The Labute approximate surface area is 210 Å². The minimum atomic E-state index is -1.22. The van der Waals surface area contributed by atoms with Crippen molar-refractivity contribution < 1.29 is 23.9 Å². The average Bonchev–Trinajstić information content (AvgIpc) is 2.98. The third-order valence-corrected chi connectivity index (χ3v) is 5.89. The molecule has 2 aromatic carbocycles. The normalized spacial score (nSPS) is 19.8. The molecule has 1 saturated heterocycles. The first kappa shape index (κ1) is 25.2. The number of aliphatic imine (C=N–C) groups is 1. The molecule has 0 aliphatic carbocycles. The van der Waals surface area contributed by atoms with Crippen LogP contribution in [-0.2, 0) is 20.9 Å². The molecule has 36 heavy (non-hydrogen) atoms. The molecule has 190 valence electrons. The van der Waals surface area contributed by atoms with Crippen LogP contribution in [0.1, 0.15) is 51.2 Å². The Morgan fingerprint density at radius 1 is 1.08 bits per heavy atom. The van der Waals surface area contributed by atoms with Crippen LogP contribution >= 0.6 is 0 Å². The summed E-state index contributed by atoms with van der Waals surface area (Å²) in [4.78, 5) is 45.0. The molecule has 9 nitrogen and oxygen atoms in total. The molecule has 0 aromatic heterocycles.